The van der Waals surface area contributed by atoms with Crippen molar-refractivity contribution in [1.82, 2.24) is 14.8 Å². The molecule has 0 aliphatic carbocycles. The van der Waals surface area contributed by atoms with E-state index in [1.54, 1.807) is 19.2 Å². The Morgan fingerprint density at radius 3 is 2.74 bits per heavy atom. The molecule has 3 aromatic rings. The van der Waals surface area contributed by atoms with Crippen LogP contribution in [-0.4, -0.2) is 26.8 Å². The highest BCUT2D eigenvalue weighted by molar-refractivity contribution is 7.99. The third-order valence-electron chi connectivity index (χ3n) is 3.87. The van der Waals surface area contributed by atoms with Gasteiger partial charge in [-0.2, -0.15) is 5.26 Å². The first-order valence-corrected chi connectivity index (χ1v) is 8.83. The minimum absolute atomic E-state index is 0.136. The van der Waals surface area contributed by atoms with Crippen molar-refractivity contribution < 1.29 is 9.66 Å². The zero-order chi connectivity index (χ0) is 19.4. The summed E-state index contributed by atoms with van der Waals surface area (Å²) in [4.78, 5) is 11.3. The molecule has 2 aromatic carbocycles. The molecule has 27 heavy (non-hydrogen) atoms. The van der Waals surface area contributed by atoms with Crippen LogP contribution in [0.2, 0.25) is 0 Å². The van der Waals surface area contributed by atoms with Gasteiger partial charge in [0, 0.05) is 12.6 Å². The molecule has 0 aliphatic heterocycles. The van der Waals surface area contributed by atoms with E-state index in [-0.39, 0.29) is 11.3 Å². The van der Waals surface area contributed by atoms with Gasteiger partial charge in [0.1, 0.15) is 5.75 Å². The lowest BCUT2D eigenvalue weighted by atomic mass is 10.2. The molecule has 0 radical (unpaired) electrons. The Morgan fingerprint density at radius 2 is 2.07 bits per heavy atom. The molecule has 9 heteroatoms. The maximum Gasteiger partial charge on any atom is 0.284 e. The van der Waals surface area contributed by atoms with Gasteiger partial charge in [0.2, 0.25) is 0 Å². The van der Waals surface area contributed by atoms with Crippen LogP contribution in [0, 0.1) is 21.4 Å². The lowest BCUT2D eigenvalue weighted by molar-refractivity contribution is -0.387. The number of nitriles is 1. The Hall–Kier alpha value is -3.38. The Balaban J connectivity index is 2.04. The van der Waals surface area contributed by atoms with E-state index >= 15 is 0 Å². The van der Waals surface area contributed by atoms with Gasteiger partial charge in [-0.25, -0.2) is 0 Å². The summed E-state index contributed by atoms with van der Waals surface area (Å²) in [6.45, 7) is 2.52. The second-order valence-corrected chi connectivity index (χ2v) is 6.41. The highest BCUT2D eigenvalue weighted by Gasteiger charge is 2.21. The van der Waals surface area contributed by atoms with Gasteiger partial charge in [-0.05, 0) is 43.0 Å². The molecule has 0 aliphatic rings. The molecular formula is C18H15N5O3S. The highest BCUT2D eigenvalue weighted by Crippen LogP contribution is 2.37. The third kappa shape index (κ3) is 3.61. The Kier molecular flexibility index (Phi) is 5.38. The van der Waals surface area contributed by atoms with Crippen molar-refractivity contribution in [2.75, 3.05) is 7.11 Å². The van der Waals surface area contributed by atoms with E-state index in [0.29, 0.717) is 28.2 Å². The SMILES string of the molecule is CCn1c(Sc2ccc(C#N)cc2[N+](=O)[O-])nnc1-c1ccccc1OC. The first-order valence-electron chi connectivity index (χ1n) is 8.02. The van der Waals surface area contributed by atoms with Crippen molar-refractivity contribution in [3.63, 3.8) is 0 Å². The van der Waals surface area contributed by atoms with Crippen LogP contribution in [0.25, 0.3) is 11.4 Å². The summed E-state index contributed by atoms with van der Waals surface area (Å²) < 4.78 is 7.26. The van der Waals surface area contributed by atoms with E-state index in [4.69, 9.17) is 10.00 Å². The van der Waals surface area contributed by atoms with Crippen molar-refractivity contribution in [2.24, 2.45) is 0 Å². The first-order chi connectivity index (χ1) is 13.1. The Morgan fingerprint density at radius 1 is 1.30 bits per heavy atom. The van der Waals surface area contributed by atoms with Crippen LogP contribution in [-0.2, 0) is 6.54 Å². The van der Waals surface area contributed by atoms with Crippen molar-refractivity contribution in [1.29, 1.82) is 5.26 Å². The standard InChI is InChI=1S/C18H15N5O3S/c1-3-22-17(13-6-4-5-7-15(13)26-2)20-21-18(22)27-16-9-8-12(11-19)10-14(16)23(24)25/h4-10H,3H2,1-2H3. The average molecular weight is 381 g/mol. The lowest BCUT2D eigenvalue weighted by Crippen LogP contribution is -2.01. The smallest absolute Gasteiger partial charge is 0.284 e. The van der Waals surface area contributed by atoms with Crippen LogP contribution in [0.5, 0.6) is 5.75 Å². The number of benzene rings is 2. The minimum atomic E-state index is -0.503. The number of rotatable bonds is 6. The molecule has 1 aromatic heterocycles. The molecule has 1 heterocycles. The minimum Gasteiger partial charge on any atom is -0.496 e. The van der Waals surface area contributed by atoms with Gasteiger partial charge in [-0.3, -0.25) is 10.1 Å². The molecule has 0 saturated heterocycles. The second kappa shape index (κ2) is 7.88. The van der Waals surface area contributed by atoms with Gasteiger partial charge in [0.05, 0.1) is 34.1 Å². The van der Waals surface area contributed by atoms with Gasteiger partial charge >= 0.3 is 0 Å². The van der Waals surface area contributed by atoms with E-state index < -0.39 is 4.92 Å². The summed E-state index contributed by atoms with van der Waals surface area (Å²) in [7, 11) is 1.58. The number of nitro benzene ring substituents is 1. The zero-order valence-electron chi connectivity index (χ0n) is 14.6. The summed E-state index contributed by atoms with van der Waals surface area (Å²) in [5.41, 5.74) is 0.886. The fourth-order valence-electron chi connectivity index (χ4n) is 2.59. The molecule has 0 saturated carbocycles. The third-order valence-corrected chi connectivity index (χ3v) is 4.92. The summed E-state index contributed by atoms with van der Waals surface area (Å²) in [5.74, 6) is 1.29. The van der Waals surface area contributed by atoms with Gasteiger partial charge in [-0.1, -0.05) is 12.1 Å². The molecule has 3 rings (SSSR count). The number of hydrogen-bond donors (Lipinski definition) is 0. The van der Waals surface area contributed by atoms with Crippen LogP contribution in [0.3, 0.4) is 0 Å². The largest absolute Gasteiger partial charge is 0.496 e. The molecule has 0 amide bonds. The second-order valence-electron chi connectivity index (χ2n) is 5.40. The summed E-state index contributed by atoms with van der Waals surface area (Å²) in [6.07, 6.45) is 0. The van der Waals surface area contributed by atoms with Gasteiger partial charge in [-0.15, -0.1) is 10.2 Å². The van der Waals surface area contributed by atoms with E-state index in [1.807, 2.05) is 41.8 Å². The normalized spacial score (nSPS) is 10.4. The molecule has 0 unspecified atom stereocenters. The monoisotopic (exact) mass is 381 g/mol. The Bertz CT molecular complexity index is 1040. The number of methoxy groups -OCH3 is 1. The number of nitro groups is 1. The number of para-hydroxylation sites is 1. The zero-order valence-corrected chi connectivity index (χ0v) is 15.4. The predicted octanol–water partition coefficient (Wildman–Crippen LogP) is 3.90. The van der Waals surface area contributed by atoms with Gasteiger partial charge < -0.3 is 9.30 Å². The molecule has 136 valence electrons. The summed E-state index contributed by atoms with van der Waals surface area (Å²) in [6, 6.07) is 13.7. The van der Waals surface area contributed by atoms with E-state index in [2.05, 4.69) is 10.2 Å². The maximum atomic E-state index is 11.4. The van der Waals surface area contributed by atoms with Crippen molar-refractivity contribution >= 4 is 17.4 Å². The summed E-state index contributed by atoms with van der Waals surface area (Å²) >= 11 is 1.14. The fraction of sp³-hybridized carbons (Fsp3) is 0.167. The summed E-state index contributed by atoms with van der Waals surface area (Å²) in [5, 5.41) is 29.3. The number of hydrogen-bond acceptors (Lipinski definition) is 7. The van der Waals surface area contributed by atoms with E-state index in [9.17, 15) is 10.1 Å². The maximum absolute atomic E-state index is 11.4. The molecule has 0 spiro atoms. The fourth-order valence-corrected chi connectivity index (χ4v) is 3.57. The molecule has 0 atom stereocenters. The quantitative estimate of drug-likeness (QED) is 0.470. The van der Waals surface area contributed by atoms with Crippen molar-refractivity contribution in [2.45, 2.75) is 23.5 Å². The lowest BCUT2D eigenvalue weighted by Gasteiger charge is -2.10. The van der Waals surface area contributed by atoms with E-state index in [0.717, 1.165) is 17.3 Å². The van der Waals surface area contributed by atoms with Crippen molar-refractivity contribution in [3.05, 3.63) is 58.1 Å². The number of ether oxygens (including phenoxy) is 1. The average Bonchev–Trinajstić information content (AvgIpc) is 3.10. The Labute approximate surface area is 159 Å². The molecule has 8 nitrogen and oxygen atoms in total. The van der Waals surface area contributed by atoms with Crippen LogP contribution in [0.1, 0.15) is 12.5 Å². The highest BCUT2D eigenvalue weighted by atomic mass is 32.2. The molecule has 0 bridgehead atoms. The van der Waals surface area contributed by atoms with Gasteiger partial charge in [0.25, 0.3) is 5.69 Å². The van der Waals surface area contributed by atoms with Crippen LogP contribution in [0.15, 0.2) is 52.5 Å². The van der Waals surface area contributed by atoms with Crippen LogP contribution < -0.4 is 4.74 Å². The predicted molar refractivity (Wildman–Crippen MR) is 99.6 cm³/mol. The van der Waals surface area contributed by atoms with E-state index in [1.165, 1.54) is 6.07 Å². The number of nitrogens with zero attached hydrogens (tertiary/aromatic N) is 5. The number of aromatic nitrogens is 3. The van der Waals surface area contributed by atoms with Gasteiger partial charge in [0.15, 0.2) is 11.0 Å². The topological polar surface area (TPSA) is 107 Å². The molecular weight excluding hydrogens is 366 g/mol. The van der Waals surface area contributed by atoms with Crippen LogP contribution in [0.4, 0.5) is 5.69 Å². The van der Waals surface area contributed by atoms with Crippen LogP contribution >= 0.6 is 11.8 Å². The molecule has 0 N–H and O–H groups in total. The van der Waals surface area contributed by atoms with Crippen molar-refractivity contribution in [3.8, 4) is 23.2 Å². The molecule has 0 fully saturated rings. The first kappa shape index (κ1) is 18.4.